The Morgan fingerprint density at radius 1 is 1.24 bits per heavy atom. The van der Waals surface area contributed by atoms with E-state index in [0.29, 0.717) is 18.8 Å². The fourth-order valence-electron chi connectivity index (χ4n) is 3.12. The molecule has 1 aromatic carbocycles. The number of rotatable bonds is 4. The topological polar surface area (TPSA) is 39.1 Å². The molecular weight excluding hydrogens is 269 g/mol. The van der Waals surface area contributed by atoms with Crippen LogP contribution < -0.4 is 5.32 Å². The molecule has 112 valence electrons. The molecule has 0 radical (unpaired) electrons. The molecule has 4 rings (SSSR count). The smallest absolute Gasteiger partial charge is 0.136 e. The van der Waals surface area contributed by atoms with E-state index in [-0.39, 0.29) is 5.82 Å². The van der Waals surface area contributed by atoms with Crippen molar-refractivity contribution in [1.29, 1.82) is 0 Å². The molecule has 1 N–H and O–H groups in total. The predicted octanol–water partition coefficient (Wildman–Crippen LogP) is 2.78. The molecule has 4 nitrogen and oxygen atoms in total. The van der Waals surface area contributed by atoms with Gasteiger partial charge in [0.1, 0.15) is 18.2 Å². The van der Waals surface area contributed by atoms with E-state index in [2.05, 4.69) is 14.9 Å². The van der Waals surface area contributed by atoms with Crippen molar-refractivity contribution >= 4 is 11.0 Å². The molecule has 0 atom stereocenters. The van der Waals surface area contributed by atoms with Crippen LogP contribution in [0.2, 0.25) is 0 Å². The Hall–Kier alpha value is -1.46. The summed E-state index contributed by atoms with van der Waals surface area (Å²) in [5.41, 5.74) is 1.77. The summed E-state index contributed by atoms with van der Waals surface area (Å²) in [5, 5.41) is 3.34. The molecule has 21 heavy (non-hydrogen) atoms. The van der Waals surface area contributed by atoms with Gasteiger partial charge in [-0.25, -0.2) is 9.37 Å². The Balaban J connectivity index is 1.59. The molecule has 0 amide bonds. The van der Waals surface area contributed by atoms with Crippen LogP contribution in [-0.4, -0.2) is 28.7 Å². The van der Waals surface area contributed by atoms with Gasteiger partial charge in [0.05, 0.1) is 17.1 Å². The van der Waals surface area contributed by atoms with Crippen molar-refractivity contribution in [2.45, 2.75) is 44.4 Å². The Labute approximate surface area is 123 Å². The Kier molecular flexibility index (Phi) is 3.39. The molecule has 5 heteroatoms. The third-order valence-corrected chi connectivity index (χ3v) is 4.37. The van der Waals surface area contributed by atoms with Crippen molar-refractivity contribution < 1.29 is 9.13 Å². The number of halogens is 1. The van der Waals surface area contributed by atoms with Crippen LogP contribution in [0, 0.1) is 5.82 Å². The molecule has 1 saturated carbocycles. The van der Waals surface area contributed by atoms with E-state index in [1.165, 1.54) is 25.0 Å². The molecule has 0 bridgehead atoms. The molecule has 1 aliphatic carbocycles. The summed E-state index contributed by atoms with van der Waals surface area (Å²) in [6, 6.07) is 5.39. The summed E-state index contributed by atoms with van der Waals surface area (Å²) in [6.07, 6.45) is 4.79. The maximum absolute atomic E-state index is 13.4. The highest BCUT2D eigenvalue weighted by molar-refractivity contribution is 5.76. The number of nitrogens with zero attached hydrogens (tertiary/aromatic N) is 2. The van der Waals surface area contributed by atoms with E-state index < -0.39 is 0 Å². The summed E-state index contributed by atoms with van der Waals surface area (Å²) < 4.78 is 21.7. The monoisotopic (exact) mass is 289 g/mol. The highest BCUT2D eigenvalue weighted by atomic mass is 19.1. The Morgan fingerprint density at radius 3 is 2.81 bits per heavy atom. The first-order valence-electron chi connectivity index (χ1n) is 7.80. The SMILES string of the molecule is Fc1ccc2c(c1)nc(COC1CCNCC1)n2C1CC1. The number of aromatic nitrogens is 2. The highest BCUT2D eigenvalue weighted by Gasteiger charge is 2.28. The van der Waals surface area contributed by atoms with E-state index in [4.69, 9.17) is 4.74 Å². The highest BCUT2D eigenvalue weighted by Crippen LogP contribution is 2.39. The average Bonchev–Trinajstić information content (AvgIpc) is 3.27. The molecule has 1 aliphatic heterocycles. The zero-order chi connectivity index (χ0) is 14.2. The molecule has 2 fully saturated rings. The summed E-state index contributed by atoms with van der Waals surface area (Å²) in [7, 11) is 0. The molecule has 1 aromatic heterocycles. The fourth-order valence-corrected chi connectivity index (χ4v) is 3.12. The van der Waals surface area contributed by atoms with Crippen LogP contribution in [0.4, 0.5) is 4.39 Å². The van der Waals surface area contributed by atoms with Gasteiger partial charge in [-0.3, -0.25) is 0 Å². The quantitative estimate of drug-likeness (QED) is 0.940. The first-order chi connectivity index (χ1) is 10.3. The predicted molar refractivity (Wildman–Crippen MR) is 78.6 cm³/mol. The van der Waals surface area contributed by atoms with Gasteiger partial charge in [-0.2, -0.15) is 0 Å². The van der Waals surface area contributed by atoms with Gasteiger partial charge in [-0.1, -0.05) is 0 Å². The van der Waals surface area contributed by atoms with Gasteiger partial charge in [0.15, 0.2) is 0 Å². The zero-order valence-electron chi connectivity index (χ0n) is 12.0. The molecule has 2 aromatic rings. The second-order valence-electron chi connectivity index (χ2n) is 6.02. The van der Waals surface area contributed by atoms with Crippen molar-refractivity contribution in [3.63, 3.8) is 0 Å². The Bertz CT molecular complexity index is 644. The number of piperidine rings is 1. The van der Waals surface area contributed by atoms with Crippen LogP contribution in [0.1, 0.15) is 37.5 Å². The van der Waals surface area contributed by atoms with Crippen LogP contribution in [-0.2, 0) is 11.3 Å². The lowest BCUT2D eigenvalue weighted by molar-refractivity contribution is 0.0166. The van der Waals surface area contributed by atoms with Crippen molar-refractivity contribution in [3.05, 3.63) is 29.8 Å². The molecule has 2 heterocycles. The lowest BCUT2D eigenvalue weighted by Gasteiger charge is -2.23. The van der Waals surface area contributed by atoms with E-state index in [0.717, 1.165) is 42.8 Å². The fraction of sp³-hybridized carbons (Fsp3) is 0.562. The Morgan fingerprint density at radius 2 is 2.05 bits per heavy atom. The number of fused-ring (bicyclic) bond motifs is 1. The van der Waals surface area contributed by atoms with Gasteiger partial charge in [0.2, 0.25) is 0 Å². The maximum atomic E-state index is 13.4. The minimum Gasteiger partial charge on any atom is -0.370 e. The summed E-state index contributed by atoms with van der Waals surface area (Å²) >= 11 is 0. The summed E-state index contributed by atoms with van der Waals surface area (Å²) in [4.78, 5) is 4.60. The number of benzene rings is 1. The molecule has 0 spiro atoms. The largest absolute Gasteiger partial charge is 0.370 e. The van der Waals surface area contributed by atoms with E-state index in [1.807, 2.05) is 6.07 Å². The minimum atomic E-state index is -0.228. The zero-order valence-corrected chi connectivity index (χ0v) is 12.0. The number of imidazole rings is 1. The van der Waals surface area contributed by atoms with E-state index >= 15 is 0 Å². The molecule has 1 saturated heterocycles. The number of nitrogens with one attached hydrogen (secondary N) is 1. The van der Waals surface area contributed by atoms with Gasteiger partial charge in [0.25, 0.3) is 0 Å². The van der Waals surface area contributed by atoms with E-state index in [9.17, 15) is 4.39 Å². The maximum Gasteiger partial charge on any atom is 0.136 e. The van der Waals surface area contributed by atoms with Crippen molar-refractivity contribution in [1.82, 2.24) is 14.9 Å². The van der Waals surface area contributed by atoms with Gasteiger partial charge in [0, 0.05) is 12.1 Å². The van der Waals surface area contributed by atoms with Crippen molar-refractivity contribution in [3.8, 4) is 0 Å². The van der Waals surface area contributed by atoms with Crippen LogP contribution in [0.25, 0.3) is 11.0 Å². The van der Waals surface area contributed by atoms with Crippen LogP contribution in [0.15, 0.2) is 18.2 Å². The van der Waals surface area contributed by atoms with Crippen molar-refractivity contribution in [2.24, 2.45) is 0 Å². The van der Waals surface area contributed by atoms with Gasteiger partial charge >= 0.3 is 0 Å². The summed E-state index contributed by atoms with van der Waals surface area (Å²) in [6.45, 7) is 2.57. The first-order valence-corrected chi connectivity index (χ1v) is 7.80. The van der Waals surface area contributed by atoms with Crippen molar-refractivity contribution in [2.75, 3.05) is 13.1 Å². The van der Waals surface area contributed by atoms with Crippen LogP contribution in [0.3, 0.4) is 0 Å². The average molecular weight is 289 g/mol. The lowest BCUT2D eigenvalue weighted by atomic mass is 10.1. The summed E-state index contributed by atoms with van der Waals surface area (Å²) in [5.74, 6) is 0.713. The van der Waals surface area contributed by atoms with Gasteiger partial charge in [-0.05, 0) is 50.9 Å². The second kappa shape index (κ2) is 5.39. The molecule has 2 aliphatic rings. The van der Waals surface area contributed by atoms with Gasteiger partial charge < -0.3 is 14.6 Å². The molecule has 0 unspecified atom stereocenters. The van der Waals surface area contributed by atoms with E-state index in [1.54, 1.807) is 0 Å². The number of ether oxygens (including phenoxy) is 1. The van der Waals surface area contributed by atoms with Crippen LogP contribution >= 0.6 is 0 Å². The second-order valence-corrected chi connectivity index (χ2v) is 6.02. The number of hydrogen-bond acceptors (Lipinski definition) is 3. The normalized spacial score (nSPS) is 20.2. The third kappa shape index (κ3) is 2.68. The lowest BCUT2D eigenvalue weighted by Crippen LogP contribution is -2.32. The van der Waals surface area contributed by atoms with Crippen LogP contribution in [0.5, 0.6) is 0 Å². The molecular formula is C16H20FN3O. The standard InChI is InChI=1S/C16H20FN3O/c17-11-1-4-15-14(9-11)19-16(20(15)12-2-3-12)10-21-13-5-7-18-8-6-13/h1,4,9,12-13,18H,2-3,5-8,10H2. The third-order valence-electron chi connectivity index (χ3n) is 4.37. The number of hydrogen-bond donors (Lipinski definition) is 1. The first kappa shape index (κ1) is 13.2. The van der Waals surface area contributed by atoms with Gasteiger partial charge in [-0.15, -0.1) is 0 Å². The minimum absolute atomic E-state index is 0.228.